The van der Waals surface area contributed by atoms with Crippen LogP contribution in [0.3, 0.4) is 0 Å². The highest BCUT2D eigenvalue weighted by Gasteiger charge is 2.53. The number of amides is 2. The number of hydrogen-bond acceptors (Lipinski definition) is 8. The molecular weight excluding hydrogens is 611 g/mol. The number of carbonyl (C=O) groups excluding carboxylic acids is 2. The molecule has 0 radical (unpaired) electrons. The van der Waals surface area contributed by atoms with Crippen LogP contribution in [-0.2, 0) is 29.9 Å². The van der Waals surface area contributed by atoms with Gasteiger partial charge in [0, 0.05) is 36.1 Å². The lowest BCUT2D eigenvalue weighted by molar-refractivity contribution is -0.0366. The van der Waals surface area contributed by atoms with Crippen molar-refractivity contribution >= 4 is 47.3 Å². The van der Waals surface area contributed by atoms with Gasteiger partial charge in [-0.2, -0.15) is 5.10 Å². The van der Waals surface area contributed by atoms with Crippen LogP contribution < -0.4 is 10.8 Å². The van der Waals surface area contributed by atoms with Crippen molar-refractivity contribution < 1.29 is 33.1 Å². The lowest BCUT2D eigenvalue weighted by Gasteiger charge is -2.32. The van der Waals surface area contributed by atoms with Crippen molar-refractivity contribution in [2.24, 2.45) is 0 Å². The Labute approximate surface area is 278 Å². The molecule has 1 unspecified atom stereocenters. The van der Waals surface area contributed by atoms with E-state index < -0.39 is 30.0 Å². The number of rotatable bonds is 7. The first kappa shape index (κ1) is 34.8. The fraction of sp³-hybridized carbons (Fsp3) is 0.727. The van der Waals surface area contributed by atoms with Gasteiger partial charge in [0.05, 0.1) is 29.5 Å². The zero-order valence-corrected chi connectivity index (χ0v) is 29.2. The van der Waals surface area contributed by atoms with E-state index in [2.05, 4.69) is 5.32 Å². The number of benzene rings is 1. The molecule has 3 fully saturated rings. The number of halogens is 1. The lowest BCUT2D eigenvalue weighted by Crippen LogP contribution is -2.46. The predicted molar refractivity (Wildman–Crippen MR) is 178 cm³/mol. The molecule has 1 aromatic carbocycles. The van der Waals surface area contributed by atoms with E-state index in [-0.39, 0.29) is 25.0 Å². The van der Waals surface area contributed by atoms with Crippen molar-refractivity contribution in [3.05, 3.63) is 22.8 Å². The number of alkyl carbamates (subject to hydrolysis) is 1. The largest absolute Gasteiger partial charge is 0.495 e. The predicted octanol–water partition coefficient (Wildman–Crippen LogP) is 6.14. The molecule has 2 atom stereocenters. The Morgan fingerprint density at radius 1 is 1.11 bits per heavy atom. The summed E-state index contributed by atoms with van der Waals surface area (Å²) >= 11 is 7.01. The highest BCUT2D eigenvalue weighted by molar-refractivity contribution is 6.66. The highest BCUT2D eigenvalue weighted by atomic mass is 35.5. The van der Waals surface area contributed by atoms with Gasteiger partial charge in [-0.3, -0.25) is 0 Å². The van der Waals surface area contributed by atoms with E-state index in [9.17, 15) is 9.59 Å². The summed E-state index contributed by atoms with van der Waals surface area (Å²) in [6, 6.07) is 1.74. The van der Waals surface area contributed by atoms with Gasteiger partial charge >= 0.3 is 19.3 Å². The van der Waals surface area contributed by atoms with E-state index >= 15 is 0 Å². The van der Waals surface area contributed by atoms with Crippen molar-refractivity contribution in [2.45, 2.75) is 129 Å². The van der Waals surface area contributed by atoms with Crippen molar-refractivity contribution in [1.82, 2.24) is 20.0 Å². The number of likely N-dealkylation sites (tertiary alicyclic amines) is 1. The molecule has 2 aromatic rings. The van der Waals surface area contributed by atoms with E-state index in [0.29, 0.717) is 37.6 Å². The number of fused-ring (bicyclic) bond motifs is 1. The fourth-order valence-corrected chi connectivity index (χ4v) is 6.53. The molecule has 3 aliphatic heterocycles. The molecule has 13 heteroatoms. The van der Waals surface area contributed by atoms with Crippen molar-refractivity contribution in [3.8, 4) is 0 Å². The van der Waals surface area contributed by atoms with Gasteiger partial charge in [0.25, 0.3) is 0 Å². The summed E-state index contributed by atoms with van der Waals surface area (Å²) in [7, 11) is -0.640. The Hall–Kier alpha value is -2.54. The van der Waals surface area contributed by atoms with Crippen LogP contribution in [0.25, 0.3) is 10.9 Å². The van der Waals surface area contributed by atoms with Gasteiger partial charge in [-0.1, -0.05) is 11.6 Å². The quantitative estimate of drug-likeness (QED) is 0.279. The van der Waals surface area contributed by atoms with Gasteiger partial charge in [0.1, 0.15) is 5.60 Å². The summed E-state index contributed by atoms with van der Waals surface area (Å²) in [5.74, 6) is 0. The van der Waals surface area contributed by atoms with E-state index in [0.717, 1.165) is 60.5 Å². The zero-order valence-electron chi connectivity index (χ0n) is 28.4. The number of nitrogens with zero attached hydrogens (tertiary/aromatic N) is 3. The lowest BCUT2D eigenvalue weighted by atomic mass is 9.73. The SMILES string of the molecule is CC(C)(C)OC(=O)N1CCCC[C@@H](NC(=O)OCCCc2c(Cl)cc3c(cnn3C3CCCCO3)c2B2OC(C)(C)C(C)(C)O2)C1. The topological polar surface area (TPSA) is 113 Å². The minimum absolute atomic E-state index is 0.143. The van der Waals surface area contributed by atoms with Gasteiger partial charge in [-0.15, -0.1) is 0 Å². The Morgan fingerprint density at radius 2 is 1.83 bits per heavy atom. The van der Waals surface area contributed by atoms with Gasteiger partial charge in [0.15, 0.2) is 6.23 Å². The number of hydrogen-bond donors (Lipinski definition) is 1. The number of carbonyl (C=O) groups is 2. The molecule has 4 heterocycles. The van der Waals surface area contributed by atoms with Crippen LogP contribution in [0.15, 0.2) is 12.3 Å². The summed E-state index contributed by atoms with van der Waals surface area (Å²) in [6.07, 6.45) is 7.47. The van der Waals surface area contributed by atoms with Crippen LogP contribution >= 0.6 is 11.6 Å². The standard InChI is InChI=1S/C33H50BClN4O7/c1-31(2,3)44-30(41)38-16-10-8-13-22(21-38)37-29(40)43-18-12-14-23-25(35)19-26-24(20-36-39(26)27-15-9-11-17-42-27)28(23)34-45-32(4,5)33(6,7)46-34/h19-20,22,27H,8-18,21H2,1-7H3,(H,37,40)/t22-,27?/m1/s1. The first-order valence-corrected chi connectivity index (χ1v) is 17.1. The second-order valence-electron chi connectivity index (χ2n) is 14.7. The van der Waals surface area contributed by atoms with Gasteiger partial charge in [-0.25, -0.2) is 14.3 Å². The molecular formula is C33H50BClN4O7. The van der Waals surface area contributed by atoms with Crippen LogP contribution in [0, 0.1) is 0 Å². The van der Waals surface area contributed by atoms with Gasteiger partial charge < -0.3 is 33.7 Å². The average molecular weight is 661 g/mol. The summed E-state index contributed by atoms with van der Waals surface area (Å²) in [5.41, 5.74) is 0.968. The van der Waals surface area contributed by atoms with Crippen LogP contribution in [0.5, 0.6) is 0 Å². The van der Waals surface area contributed by atoms with Crippen LogP contribution in [0.2, 0.25) is 5.02 Å². The Balaban J connectivity index is 1.26. The molecule has 0 bridgehead atoms. The average Bonchev–Trinajstić information content (AvgIpc) is 3.36. The molecule has 254 valence electrons. The maximum Gasteiger partial charge on any atom is 0.495 e. The number of aromatic nitrogens is 2. The van der Waals surface area contributed by atoms with Crippen molar-refractivity contribution in [2.75, 3.05) is 26.3 Å². The molecule has 0 spiro atoms. The monoisotopic (exact) mass is 660 g/mol. The summed E-state index contributed by atoms with van der Waals surface area (Å²) in [5, 5.41) is 9.18. The smallest absolute Gasteiger partial charge is 0.450 e. The van der Waals surface area contributed by atoms with Crippen molar-refractivity contribution in [1.29, 1.82) is 0 Å². The second-order valence-corrected chi connectivity index (χ2v) is 15.1. The first-order valence-electron chi connectivity index (χ1n) is 16.7. The Bertz CT molecular complexity index is 1390. The minimum atomic E-state index is -0.640. The maximum absolute atomic E-state index is 12.8. The molecule has 5 rings (SSSR count). The maximum atomic E-state index is 12.8. The first-order chi connectivity index (χ1) is 21.6. The van der Waals surface area contributed by atoms with E-state index in [1.807, 2.05) is 65.4 Å². The van der Waals surface area contributed by atoms with Crippen molar-refractivity contribution in [3.63, 3.8) is 0 Å². The molecule has 0 saturated carbocycles. The molecule has 1 N–H and O–H groups in total. The van der Waals surface area contributed by atoms with Crippen LogP contribution in [0.4, 0.5) is 9.59 Å². The molecule has 3 aliphatic rings. The normalized spacial score (nSPS) is 23.3. The third-order valence-electron chi connectivity index (χ3n) is 9.37. The zero-order chi connectivity index (χ0) is 33.3. The third kappa shape index (κ3) is 7.94. The van der Waals surface area contributed by atoms with E-state index in [1.165, 1.54) is 0 Å². The number of ether oxygens (including phenoxy) is 3. The molecule has 3 saturated heterocycles. The molecule has 0 aliphatic carbocycles. The minimum Gasteiger partial charge on any atom is -0.450 e. The molecule has 2 amide bonds. The Kier molecular flexibility index (Phi) is 10.5. The summed E-state index contributed by atoms with van der Waals surface area (Å²) < 4.78 is 32.2. The second kappa shape index (κ2) is 13.9. The van der Waals surface area contributed by atoms with E-state index in [1.54, 1.807) is 4.90 Å². The molecule has 1 aromatic heterocycles. The molecule has 46 heavy (non-hydrogen) atoms. The molecule has 11 nitrogen and oxygen atoms in total. The number of nitrogens with one attached hydrogen (secondary N) is 1. The van der Waals surface area contributed by atoms with E-state index in [4.69, 9.17) is 40.2 Å². The fourth-order valence-electron chi connectivity index (χ4n) is 6.23. The van der Waals surface area contributed by atoms with Gasteiger partial charge in [-0.05, 0) is 117 Å². The third-order valence-corrected chi connectivity index (χ3v) is 9.70. The highest BCUT2D eigenvalue weighted by Crippen LogP contribution is 2.39. The van der Waals surface area contributed by atoms with Gasteiger partial charge in [0.2, 0.25) is 0 Å². The Morgan fingerprint density at radius 3 is 2.50 bits per heavy atom. The van der Waals surface area contributed by atoms with Crippen LogP contribution in [-0.4, -0.2) is 83.1 Å². The summed E-state index contributed by atoms with van der Waals surface area (Å²) in [4.78, 5) is 27.1. The van der Waals surface area contributed by atoms with Crippen LogP contribution in [0.1, 0.15) is 105 Å². The summed E-state index contributed by atoms with van der Waals surface area (Å²) in [6.45, 7) is 15.5.